The summed E-state index contributed by atoms with van der Waals surface area (Å²) in [6, 6.07) is 14.5. The molecule has 0 spiro atoms. The second-order valence-corrected chi connectivity index (χ2v) is 4.49. The monoisotopic (exact) mass is 277 g/mol. The van der Waals surface area contributed by atoms with Gasteiger partial charge in [0.15, 0.2) is 0 Å². The highest BCUT2D eigenvalue weighted by Crippen LogP contribution is 2.26. The number of nitriles is 1. The van der Waals surface area contributed by atoms with Gasteiger partial charge in [-0.1, -0.05) is 41.4 Å². The van der Waals surface area contributed by atoms with Crippen molar-refractivity contribution in [2.45, 2.75) is 6.61 Å². The lowest BCUT2D eigenvalue weighted by molar-refractivity contribution is 0.305. The first-order valence-corrected chi connectivity index (χ1v) is 6.02. The van der Waals surface area contributed by atoms with E-state index in [4.69, 9.17) is 33.2 Å². The van der Waals surface area contributed by atoms with Crippen molar-refractivity contribution >= 4 is 23.2 Å². The van der Waals surface area contributed by atoms with Crippen LogP contribution in [0.15, 0.2) is 42.5 Å². The predicted octanol–water partition coefficient (Wildman–Crippen LogP) is 4.44. The van der Waals surface area contributed by atoms with Crippen molar-refractivity contribution in [2.75, 3.05) is 0 Å². The van der Waals surface area contributed by atoms with Crippen molar-refractivity contribution in [1.29, 1.82) is 5.26 Å². The van der Waals surface area contributed by atoms with Crippen LogP contribution in [0.4, 0.5) is 0 Å². The molecular formula is C14H9Cl2NO. The van der Waals surface area contributed by atoms with Crippen LogP contribution in [0.2, 0.25) is 10.0 Å². The highest BCUT2D eigenvalue weighted by atomic mass is 35.5. The van der Waals surface area contributed by atoms with Gasteiger partial charge in [-0.2, -0.15) is 5.26 Å². The molecule has 2 nitrogen and oxygen atoms in total. The van der Waals surface area contributed by atoms with E-state index in [9.17, 15) is 0 Å². The Morgan fingerprint density at radius 2 is 1.89 bits per heavy atom. The van der Waals surface area contributed by atoms with E-state index in [1.165, 1.54) is 0 Å². The quantitative estimate of drug-likeness (QED) is 0.831. The molecule has 0 unspecified atom stereocenters. The summed E-state index contributed by atoms with van der Waals surface area (Å²) in [5.74, 6) is 0.477. The Kier molecular flexibility index (Phi) is 4.09. The van der Waals surface area contributed by atoms with E-state index in [1.807, 2.05) is 24.3 Å². The van der Waals surface area contributed by atoms with Gasteiger partial charge in [-0.05, 0) is 29.8 Å². The van der Waals surface area contributed by atoms with Gasteiger partial charge < -0.3 is 4.74 Å². The molecule has 0 aliphatic carbocycles. The lowest BCUT2D eigenvalue weighted by Crippen LogP contribution is -1.97. The Balaban J connectivity index is 2.16. The van der Waals surface area contributed by atoms with Gasteiger partial charge in [-0.15, -0.1) is 0 Å². The van der Waals surface area contributed by atoms with Crippen LogP contribution < -0.4 is 4.74 Å². The van der Waals surface area contributed by atoms with Crippen LogP contribution in [0.25, 0.3) is 0 Å². The van der Waals surface area contributed by atoms with Crippen molar-refractivity contribution in [3.63, 3.8) is 0 Å². The molecule has 2 rings (SSSR count). The highest BCUT2D eigenvalue weighted by molar-refractivity contribution is 6.32. The summed E-state index contributed by atoms with van der Waals surface area (Å²) >= 11 is 11.8. The summed E-state index contributed by atoms with van der Waals surface area (Å²) in [6.07, 6.45) is 0. The van der Waals surface area contributed by atoms with Gasteiger partial charge in [-0.25, -0.2) is 0 Å². The number of rotatable bonds is 3. The molecule has 0 heterocycles. The third-order valence-electron chi connectivity index (χ3n) is 2.37. The Hall–Kier alpha value is -1.69. The fraction of sp³-hybridized carbons (Fsp3) is 0.0714. The molecule has 4 heteroatoms. The number of benzene rings is 2. The van der Waals surface area contributed by atoms with E-state index >= 15 is 0 Å². The van der Waals surface area contributed by atoms with Gasteiger partial charge in [0, 0.05) is 5.02 Å². The zero-order valence-electron chi connectivity index (χ0n) is 9.36. The molecule has 18 heavy (non-hydrogen) atoms. The Morgan fingerprint density at radius 3 is 2.61 bits per heavy atom. The molecule has 0 saturated carbocycles. The summed E-state index contributed by atoms with van der Waals surface area (Å²) in [7, 11) is 0. The zero-order valence-corrected chi connectivity index (χ0v) is 10.9. The van der Waals surface area contributed by atoms with Gasteiger partial charge in [-0.3, -0.25) is 0 Å². The molecule has 90 valence electrons. The molecule has 0 aromatic heterocycles. The van der Waals surface area contributed by atoms with Crippen LogP contribution in [-0.2, 0) is 6.61 Å². The largest absolute Gasteiger partial charge is 0.487 e. The molecule has 0 N–H and O–H groups in total. The molecule has 0 radical (unpaired) electrons. The minimum absolute atomic E-state index is 0.343. The normalized spacial score (nSPS) is 9.83. The molecule has 0 atom stereocenters. The van der Waals surface area contributed by atoms with Crippen molar-refractivity contribution in [1.82, 2.24) is 0 Å². The topological polar surface area (TPSA) is 33.0 Å². The van der Waals surface area contributed by atoms with Crippen molar-refractivity contribution in [3.05, 3.63) is 63.6 Å². The molecule has 0 aliphatic heterocycles. The van der Waals surface area contributed by atoms with Gasteiger partial charge in [0.2, 0.25) is 0 Å². The average molecular weight is 278 g/mol. The number of nitrogens with zero attached hydrogens (tertiary/aromatic N) is 1. The molecular weight excluding hydrogens is 269 g/mol. The fourth-order valence-corrected chi connectivity index (χ4v) is 1.94. The predicted molar refractivity (Wildman–Crippen MR) is 72.0 cm³/mol. The molecule has 0 fully saturated rings. The zero-order chi connectivity index (χ0) is 13.0. The second kappa shape index (κ2) is 5.77. The van der Waals surface area contributed by atoms with E-state index in [0.717, 1.165) is 5.56 Å². The molecule has 0 amide bonds. The van der Waals surface area contributed by atoms with Crippen LogP contribution in [0.3, 0.4) is 0 Å². The highest BCUT2D eigenvalue weighted by Gasteiger charge is 2.07. The third-order valence-corrected chi connectivity index (χ3v) is 2.92. The van der Waals surface area contributed by atoms with E-state index < -0.39 is 0 Å². The first-order valence-electron chi connectivity index (χ1n) is 5.26. The maximum absolute atomic E-state index is 9.01. The SMILES string of the molecule is N#Cc1c(Cl)cccc1OCc1cccc(Cl)c1. The van der Waals surface area contributed by atoms with E-state index in [0.29, 0.717) is 28.0 Å². The lowest BCUT2D eigenvalue weighted by atomic mass is 10.2. The number of halogens is 2. The number of hydrogen-bond acceptors (Lipinski definition) is 2. The summed E-state index contributed by atoms with van der Waals surface area (Å²) in [5.41, 5.74) is 1.28. The Bertz CT molecular complexity index is 605. The molecule has 2 aromatic rings. The van der Waals surface area contributed by atoms with Gasteiger partial charge >= 0.3 is 0 Å². The maximum atomic E-state index is 9.01. The van der Waals surface area contributed by atoms with Crippen LogP contribution in [-0.4, -0.2) is 0 Å². The smallest absolute Gasteiger partial charge is 0.139 e. The van der Waals surface area contributed by atoms with Gasteiger partial charge in [0.1, 0.15) is 24.0 Å². The van der Waals surface area contributed by atoms with Crippen molar-refractivity contribution in [3.8, 4) is 11.8 Å². The average Bonchev–Trinajstić information content (AvgIpc) is 2.36. The summed E-state index contributed by atoms with van der Waals surface area (Å²) < 4.78 is 5.58. The summed E-state index contributed by atoms with van der Waals surface area (Å²) in [6.45, 7) is 0.343. The standard InChI is InChI=1S/C14H9Cl2NO/c15-11-4-1-3-10(7-11)9-18-14-6-2-5-13(16)12(14)8-17/h1-7H,9H2. The summed E-state index contributed by atoms with van der Waals surface area (Å²) in [5, 5.41) is 10.1. The van der Waals surface area contributed by atoms with Crippen LogP contribution >= 0.6 is 23.2 Å². The molecule has 0 bridgehead atoms. The molecule has 2 aromatic carbocycles. The minimum Gasteiger partial charge on any atom is -0.487 e. The second-order valence-electron chi connectivity index (χ2n) is 3.64. The van der Waals surface area contributed by atoms with Crippen LogP contribution in [0.1, 0.15) is 11.1 Å². The van der Waals surface area contributed by atoms with E-state index in [1.54, 1.807) is 24.3 Å². The first-order chi connectivity index (χ1) is 8.70. The number of ether oxygens (including phenoxy) is 1. The lowest BCUT2D eigenvalue weighted by Gasteiger charge is -2.08. The van der Waals surface area contributed by atoms with Crippen LogP contribution in [0, 0.1) is 11.3 Å². The maximum Gasteiger partial charge on any atom is 0.139 e. The Morgan fingerprint density at radius 1 is 1.11 bits per heavy atom. The third kappa shape index (κ3) is 2.95. The van der Waals surface area contributed by atoms with Crippen molar-refractivity contribution in [2.24, 2.45) is 0 Å². The number of hydrogen-bond donors (Lipinski definition) is 0. The molecule has 0 aliphatic rings. The van der Waals surface area contributed by atoms with Gasteiger partial charge in [0.05, 0.1) is 5.02 Å². The van der Waals surface area contributed by atoms with Crippen molar-refractivity contribution < 1.29 is 4.74 Å². The van der Waals surface area contributed by atoms with Gasteiger partial charge in [0.25, 0.3) is 0 Å². The van der Waals surface area contributed by atoms with Crippen LogP contribution in [0.5, 0.6) is 5.75 Å². The first kappa shape index (κ1) is 12.8. The van der Waals surface area contributed by atoms with E-state index in [-0.39, 0.29) is 0 Å². The Labute approximate surface area is 115 Å². The summed E-state index contributed by atoms with van der Waals surface area (Å²) in [4.78, 5) is 0. The fourth-order valence-electron chi connectivity index (χ4n) is 1.52. The minimum atomic E-state index is 0.343. The molecule has 0 saturated heterocycles. The van der Waals surface area contributed by atoms with E-state index in [2.05, 4.69) is 0 Å².